The molecule has 80 valence electrons. The van der Waals surface area contributed by atoms with Crippen molar-refractivity contribution < 1.29 is 0 Å². The summed E-state index contributed by atoms with van der Waals surface area (Å²) in [5.74, 6) is 0. The molecule has 0 saturated heterocycles. The molecule has 0 amide bonds. The highest BCUT2D eigenvalue weighted by molar-refractivity contribution is 5.67. The summed E-state index contributed by atoms with van der Waals surface area (Å²) in [6.07, 6.45) is 5.05. The number of allylic oxidation sites excluding steroid dienone is 1. The molecule has 0 bridgehead atoms. The average molecular weight is 194 g/mol. The SMILES string of the molecule is CCC(C)=C=CC(C)(C)/C=N/N(C)C. The molecular weight excluding hydrogens is 172 g/mol. The van der Waals surface area contributed by atoms with Crippen molar-refractivity contribution in [3.05, 3.63) is 17.4 Å². The molecule has 2 heteroatoms. The van der Waals surface area contributed by atoms with Crippen molar-refractivity contribution in [1.29, 1.82) is 0 Å². The van der Waals surface area contributed by atoms with E-state index in [1.807, 2.05) is 20.3 Å². The van der Waals surface area contributed by atoms with Gasteiger partial charge in [-0.05, 0) is 25.0 Å². The van der Waals surface area contributed by atoms with E-state index in [-0.39, 0.29) is 5.41 Å². The highest BCUT2D eigenvalue weighted by Gasteiger charge is 2.09. The first-order valence-electron chi connectivity index (χ1n) is 5.03. The smallest absolute Gasteiger partial charge is 0.0345 e. The molecule has 0 rings (SSSR count). The predicted molar refractivity (Wildman–Crippen MR) is 63.5 cm³/mol. The van der Waals surface area contributed by atoms with E-state index in [1.165, 1.54) is 5.57 Å². The zero-order chi connectivity index (χ0) is 11.2. The second-order valence-corrected chi connectivity index (χ2v) is 4.34. The molecule has 0 spiro atoms. The summed E-state index contributed by atoms with van der Waals surface area (Å²) in [5, 5.41) is 6.03. The molecule has 0 radical (unpaired) electrons. The molecule has 14 heavy (non-hydrogen) atoms. The first kappa shape index (κ1) is 13.0. The third-order valence-electron chi connectivity index (χ3n) is 1.84. The lowest BCUT2D eigenvalue weighted by Crippen LogP contribution is -2.12. The summed E-state index contributed by atoms with van der Waals surface area (Å²) in [7, 11) is 3.84. The second kappa shape index (κ2) is 5.66. The van der Waals surface area contributed by atoms with Crippen molar-refractivity contribution in [2.75, 3.05) is 14.1 Å². The van der Waals surface area contributed by atoms with Gasteiger partial charge in [0.15, 0.2) is 0 Å². The summed E-state index contributed by atoms with van der Waals surface area (Å²) in [6.45, 7) is 8.47. The molecule has 0 unspecified atom stereocenters. The van der Waals surface area contributed by atoms with Gasteiger partial charge < -0.3 is 5.01 Å². The van der Waals surface area contributed by atoms with Gasteiger partial charge in [0.2, 0.25) is 0 Å². The van der Waals surface area contributed by atoms with E-state index >= 15 is 0 Å². The molecule has 0 N–H and O–H groups in total. The molecule has 0 heterocycles. The molecule has 2 nitrogen and oxygen atoms in total. The number of rotatable bonds is 4. The lowest BCUT2D eigenvalue weighted by molar-refractivity contribution is 0.433. The van der Waals surface area contributed by atoms with Gasteiger partial charge in [-0.25, -0.2) is 0 Å². The molecular formula is C12H22N2. The maximum atomic E-state index is 4.23. The summed E-state index contributed by atoms with van der Waals surface area (Å²) in [5.41, 5.74) is 4.53. The highest BCUT2D eigenvalue weighted by atomic mass is 15.4. The molecule has 0 fully saturated rings. The monoisotopic (exact) mass is 194 g/mol. The van der Waals surface area contributed by atoms with Crippen LogP contribution in [-0.2, 0) is 0 Å². The van der Waals surface area contributed by atoms with Crippen LogP contribution < -0.4 is 0 Å². The Bertz CT molecular complexity index is 253. The van der Waals surface area contributed by atoms with Crippen LogP contribution >= 0.6 is 0 Å². The Hall–Kier alpha value is -1.01. The van der Waals surface area contributed by atoms with Crippen molar-refractivity contribution in [2.24, 2.45) is 10.5 Å². The fourth-order valence-corrected chi connectivity index (χ4v) is 0.713. The lowest BCUT2D eigenvalue weighted by atomic mass is 9.95. The van der Waals surface area contributed by atoms with Crippen LogP contribution in [0.5, 0.6) is 0 Å². The maximum absolute atomic E-state index is 4.23. The van der Waals surface area contributed by atoms with Crippen molar-refractivity contribution in [1.82, 2.24) is 5.01 Å². The third kappa shape index (κ3) is 6.50. The number of hydrogen-bond acceptors (Lipinski definition) is 2. The van der Waals surface area contributed by atoms with E-state index in [0.717, 1.165) is 6.42 Å². The maximum Gasteiger partial charge on any atom is 0.0345 e. The Kier molecular flexibility index (Phi) is 5.26. The van der Waals surface area contributed by atoms with Gasteiger partial charge in [-0.1, -0.05) is 20.8 Å². The topological polar surface area (TPSA) is 15.6 Å². The Balaban J connectivity index is 4.57. The minimum Gasteiger partial charge on any atom is -0.303 e. The van der Waals surface area contributed by atoms with Crippen LogP contribution in [0.4, 0.5) is 0 Å². The first-order chi connectivity index (χ1) is 6.37. The van der Waals surface area contributed by atoms with Crippen LogP contribution in [0.3, 0.4) is 0 Å². The zero-order valence-electron chi connectivity index (χ0n) is 10.3. The average Bonchev–Trinajstić information content (AvgIpc) is 2.11. The molecule has 0 aliphatic carbocycles. The van der Waals surface area contributed by atoms with Gasteiger partial charge in [0.25, 0.3) is 0 Å². The van der Waals surface area contributed by atoms with E-state index in [2.05, 4.69) is 44.6 Å². The Morgan fingerprint density at radius 2 is 2.00 bits per heavy atom. The van der Waals surface area contributed by atoms with Crippen LogP contribution in [0.25, 0.3) is 0 Å². The predicted octanol–water partition coefficient (Wildman–Crippen LogP) is 3.07. The molecule has 0 saturated carbocycles. The summed E-state index contributed by atoms with van der Waals surface area (Å²) >= 11 is 0. The molecule has 0 atom stereocenters. The van der Waals surface area contributed by atoms with Gasteiger partial charge in [0.1, 0.15) is 0 Å². The van der Waals surface area contributed by atoms with Crippen molar-refractivity contribution in [2.45, 2.75) is 34.1 Å². The Morgan fingerprint density at radius 1 is 1.43 bits per heavy atom. The van der Waals surface area contributed by atoms with Crippen LogP contribution in [0.1, 0.15) is 34.1 Å². The van der Waals surface area contributed by atoms with Crippen LogP contribution in [0.2, 0.25) is 0 Å². The van der Waals surface area contributed by atoms with Gasteiger partial charge in [-0.15, -0.1) is 5.73 Å². The zero-order valence-corrected chi connectivity index (χ0v) is 10.3. The summed E-state index contributed by atoms with van der Waals surface area (Å²) < 4.78 is 0. The van der Waals surface area contributed by atoms with Gasteiger partial charge in [0.05, 0.1) is 0 Å². The van der Waals surface area contributed by atoms with E-state index in [1.54, 1.807) is 5.01 Å². The Morgan fingerprint density at radius 3 is 2.43 bits per heavy atom. The molecule has 0 aliphatic heterocycles. The minimum absolute atomic E-state index is 0.0271. The first-order valence-corrected chi connectivity index (χ1v) is 5.03. The number of nitrogens with zero attached hydrogens (tertiary/aromatic N) is 2. The molecule has 0 aliphatic rings. The van der Waals surface area contributed by atoms with Gasteiger partial charge in [-0.3, -0.25) is 0 Å². The third-order valence-corrected chi connectivity index (χ3v) is 1.84. The van der Waals surface area contributed by atoms with Gasteiger partial charge in [-0.2, -0.15) is 5.10 Å². The van der Waals surface area contributed by atoms with Crippen molar-refractivity contribution >= 4 is 6.21 Å². The molecule has 0 aromatic heterocycles. The van der Waals surface area contributed by atoms with E-state index in [0.29, 0.717) is 0 Å². The van der Waals surface area contributed by atoms with Crippen LogP contribution in [0, 0.1) is 5.41 Å². The van der Waals surface area contributed by atoms with Crippen molar-refractivity contribution in [3.8, 4) is 0 Å². The number of hydrogen-bond donors (Lipinski definition) is 0. The second-order valence-electron chi connectivity index (χ2n) is 4.34. The largest absolute Gasteiger partial charge is 0.303 e. The number of hydrazone groups is 1. The standard InChI is InChI=1S/C12H22N2/c1-7-11(2)8-9-12(3,4)10-13-14(5)6/h9-10H,7H2,1-6H3/b13-10+. The Labute approximate surface area is 88.0 Å². The van der Waals surface area contributed by atoms with E-state index in [4.69, 9.17) is 0 Å². The summed E-state index contributed by atoms with van der Waals surface area (Å²) in [4.78, 5) is 0. The minimum atomic E-state index is -0.0271. The fraction of sp³-hybridized carbons (Fsp3) is 0.667. The van der Waals surface area contributed by atoms with Gasteiger partial charge in [0, 0.05) is 25.7 Å². The van der Waals surface area contributed by atoms with E-state index < -0.39 is 0 Å². The quantitative estimate of drug-likeness (QED) is 0.381. The highest BCUT2D eigenvalue weighted by Crippen LogP contribution is 2.13. The lowest BCUT2D eigenvalue weighted by Gasteiger charge is -2.13. The van der Waals surface area contributed by atoms with Crippen molar-refractivity contribution in [3.63, 3.8) is 0 Å². The van der Waals surface area contributed by atoms with E-state index in [9.17, 15) is 0 Å². The van der Waals surface area contributed by atoms with Crippen LogP contribution in [-0.4, -0.2) is 25.3 Å². The summed E-state index contributed by atoms with van der Waals surface area (Å²) in [6, 6.07) is 0. The fourth-order valence-electron chi connectivity index (χ4n) is 0.713. The molecule has 0 aromatic carbocycles. The molecule has 0 aromatic rings. The van der Waals surface area contributed by atoms with Gasteiger partial charge >= 0.3 is 0 Å². The van der Waals surface area contributed by atoms with Crippen LogP contribution in [0.15, 0.2) is 22.5 Å². The normalized spacial score (nSPS) is 11.3.